The van der Waals surface area contributed by atoms with E-state index >= 15 is 0 Å². The number of halogens is 1. The van der Waals surface area contributed by atoms with Crippen molar-refractivity contribution in [3.8, 4) is 5.75 Å². The highest BCUT2D eigenvalue weighted by Gasteiger charge is 2.19. The lowest BCUT2D eigenvalue weighted by Crippen LogP contribution is -2.04. The summed E-state index contributed by atoms with van der Waals surface area (Å²) >= 11 is 0. The molecule has 0 heterocycles. The van der Waals surface area contributed by atoms with E-state index in [1.165, 1.54) is 6.07 Å². The lowest BCUT2D eigenvalue weighted by Gasteiger charge is -2.14. The van der Waals surface area contributed by atoms with Crippen LogP contribution in [0.15, 0.2) is 41.3 Å². The first-order chi connectivity index (χ1) is 9.79. The fourth-order valence-corrected chi connectivity index (χ4v) is 3.32. The lowest BCUT2D eigenvalue weighted by atomic mass is 10.1. The summed E-state index contributed by atoms with van der Waals surface area (Å²) in [6.07, 6.45) is 0. The van der Waals surface area contributed by atoms with Crippen molar-refractivity contribution < 1.29 is 13.2 Å². The van der Waals surface area contributed by atoms with E-state index in [1.54, 1.807) is 0 Å². The Morgan fingerprint density at radius 1 is 1.05 bits per heavy atom. The normalized spacial score (nSPS) is 11.4. The molecule has 2 aromatic carbocycles. The molecule has 21 heavy (non-hydrogen) atoms. The molecule has 0 fully saturated rings. The minimum Gasteiger partial charge on any atom is -0.487 e. The van der Waals surface area contributed by atoms with Crippen LogP contribution < -0.4 is 4.74 Å². The van der Waals surface area contributed by atoms with Crippen LogP contribution in [0.4, 0.5) is 0 Å². The summed E-state index contributed by atoms with van der Waals surface area (Å²) in [4.78, 5) is 0.0234. The summed E-state index contributed by atoms with van der Waals surface area (Å²) in [5, 5.41) is 0. The minimum atomic E-state index is -3.85. The third-order valence-electron chi connectivity index (χ3n) is 3.28. The van der Waals surface area contributed by atoms with Gasteiger partial charge in [-0.3, -0.25) is 0 Å². The largest absolute Gasteiger partial charge is 0.487 e. The molecule has 0 atom stereocenters. The van der Waals surface area contributed by atoms with Crippen molar-refractivity contribution in [3.05, 3.63) is 58.7 Å². The van der Waals surface area contributed by atoms with Crippen molar-refractivity contribution in [2.45, 2.75) is 32.3 Å². The van der Waals surface area contributed by atoms with E-state index in [0.29, 0.717) is 12.4 Å². The first-order valence-corrected chi connectivity index (χ1v) is 8.83. The molecule has 112 valence electrons. The maximum atomic E-state index is 11.7. The van der Waals surface area contributed by atoms with E-state index in [4.69, 9.17) is 15.4 Å². The van der Waals surface area contributed by atoms with Crippen molar-refractivity contribution in [3.63, 3.8) is 0 Å². The van der Waals surface area contributed by atoms with Gasteiger partial charge in [-0.2, -0.15) is 0 Å². The zero-order chi connectivity index (χ0) is 15.6. The van der Waals surface area contributed by atoms with Gasteiger partial charge in [0.05, 0.1) is 0 Å². The topological polar surface area (TPSA) is 43.4 Å². The molecular formula is C16H17ClO3S. The van der Waals surface area contributed by atoms with Gasteiger partial charge in [0.25, 0.3) is 9.05 Å². The molecule has 0 saturated heterocycles. The number of rotatable bonds is 4. The Bertz CT molecular complexity index is 767. The summed E-state index contributed by atoms with van der Waals surface area (Å²) < 4.78 is 29.2. The maximum Gasteiger partial charge on any atom is 0.265 e. The van der Waals surface area contributed by atoms with Crippen molar-refractivity contribution in [2.75, 3.05) is 0 Å². The minimum absolute atomic E-state index is 0.0234. The van der Waals surface area contributed by atoms with Gasteiger partial charge in [0.1, 0.15) is 17.3 Å². The summed E-state index contributed by atoms with van der Waals surface area (Å²) in [6, 6.07) is 11.2. The lowest BCUT2D eigenvalue weighted by molar-refractivity contribution is 0.295. The summed E-state index contributed by atoms with van der Waals surface area (Å²) in [5.41, 5.74) is 3.69. The van der Waals surface area contributed by atoms with Gasteiger partial charge in [0, 0.05) is 10.7 Å². The molecular weight excluding hydrogens is 308 g/mol. The third-order valence-corrected chi connectivity index (χ3v) is 4.61. The molecule has 0 N–H and O–H groups in total. The molecule has 3 nitrogen and oxygen atoms in total. The van der Waals surface area contributed by atoms with E-state index in [9.17, 15) is 8.42 Å². The van der Waals surface area contributed by atoms with Gasteiger partial charge in [-0.25, -0.2) is 8.42 Å². The number of ether oxygens (including phenoxy) is 1. The summed E-state index contributed by atoms with van der Waals surface area (Å²) in [7, 11) is 1.67. The number of hydrogen-bond donors (Lipinski definition) is 0. The first-order valence-electron chi connectivity index (χ1n) is 6.52. The molecule has 0 spiro atoms. The van der Waals surface area contributed by atoms with Gasteiger partial charge in [0.15, 0.2) is 0 Å². The van der Waals surface area contributed by atoms with E-state index in [2.05, 4.69) is 0 Å². The Morgan fingerprint density at radius 3 is 2.33 bits per heavy atom. The Morgan fingerprint density at radius 2 is 1.71 bits per heavy atom. The Hall–Kier alpha value is -1.52. The second-order valence-electron chi connectivity index (χ2n) is 5.06. The van der Waals surface area contributed by atoms with E-state index in [0.717, 1.165) is 22.3 Å². The molecule has 0 saturated carbocycles. The van der Waals surface area contributed by atoms with Crippen molar-refractivity contribution in [1.82, 2.24) is 0 Å². The molecule has 0 bridgehead atoms. The molecule has 0 aliphatic heterocycles. The highest BCUT2D eigenvalue weighted by Crippen LogP contribution is 2.32. The number of benzene rings is 2. The Labute approximate surface area is 129 Å². The van der Waals surface area contributed by atoms with Crippen LogP contribution in [-0.2, 0) is 15.7 Å². The fraction of sp³-hybridized carbons (Fsp3) is 0.250. The van der Waals surface area contributed by atoms with Crippen LogP contribution in [0.5, 0.6) is 5.75 Å². The van der Waals surface area contributed by atoms with Crippen LogP contribution >= 0.6 is 10.7 Å². The highest BCUT2D eigenvalue weighted by molar-refractivity contribution is 8.13. The quantitative estimate of drug-likeness (QED) is 0.795. The summed E-state index contributed by atoms with van der Waals surface area (Å²) in [6.45, 7) is 5.92. The number of aryl methyl sites for hydroxylation is 3. The molecule has 2 rings (SSSR count). The van der Waals surface area contributed by atoms with Gasteiger partial charge < -0.3 is 4.74 Å². The molecule has 0 aliphatic carbocycles. The van der Waals surface area contributed by atoms with Gasteiger partial charge in [-0.1, -0.05) is 30.3 Å². The van der Waals surface area contributed by atoms with Crippen LogP contribution in [-0.4, -0.2) is 8.42 Å². The average molecular weight is 325 g/mol. The SMILES string of the molecule is Cc1cc(C)c(OCc2ccccc2C)c(S(=O)(=O)Cl)c1. The van der Waals surface area contributed by atoms with E-state index in [-0.39, 0.29) is 4.90 Å². The van der Waals surface area contributed by atoms with Crippen LogP contribution in [0.3, 0.4) is 0 Å². The molecule has 0 unspecified atom stereocenters. The molecule has 0 aromatic heterocycles. The van der Waals surface area contributed by atoms with Crippen LogP contribution in [0.2, 0.25) is 0 Å². The predicted octanol–water partition coefficient (Wildman–Crippen LogP) is 4.12. The Balaban J connectivity index is 2.39. The maximum absolute atomic E-state index is 11.7. The summed E-state index contributed by atoms with van der Waals surface area (Å²) in [5.74, 6) is 0.318. The third kappa shape index (κ3) is 3.77. The van der Waals surface area contributed by atoms with Gasteiger partial charge >= 0.3 is 0 Å². The Kier molecular flexibility index (Phi) is 4.59. The second kappa shape index (κ2) is 6.08. The van der Waals surface area contributed by atoms with Gasteiger partial charge in [-0.15, -0.1) is 0 Å². The van der Waals surface area contributed by atoms with Crippen LogP contribution in [0.1, 0.15) is 22.3 Å². The van der Waals surface area contributed by atoms with E-state index in [1.807, 2.05) is 51.1 Å². The highest BCUT2D eigenvalue weighted by atomic mass is 35.7. The zero-order valence-corrected chi connectivity index (χ0v) is 13.8. The van der Waals surface area contributed by atoms with Crippen molar-refractivity contribution >= 4 is 19.7 Å². The van der Waals surface area contributed by atoms with E-state index < -0.39 is 9.05 Å². The molecule has 0 amide bonds. The molecule has 0 radical (unpaired) electrons. The first kappa shape index (κ1) is 15.9. The fourth-order valence-electron chi connectivity index (χ4n) is 2.20. The average Bonchev–Trinajstić information content (AvgIpc) is 2.37. The van der Waals surface area contributed by atoms with Crippen LogP contribution in [0, 0.1) is 20.8 Å². The molecule has 2 aromatic rings. The van der Waals surface area contributed by atoms with Crippen LogP contribution in [0.25, 0.3) is 0 Å². The standard InChI is InChI=1S/C16H17ClO3S/c1-11-8-13(3)16(15(9-11)21(17,18)19)20-10-14-7-5-4-6-12(14)2/h4-9H,10H2,1-3H3. The smallest absolute Gasteiger partial charge is 0.265 e. The van der Waals surface area contributed by atoms with Gasteiger partial charge in [0.2, 0.25) is 0 Å². The monoisotopic (exact) mass is 324 g/mol. The van der Waals surface area contributed by atoms with Crippen molar-refractivity contribution in [2.24, 2.45) is 0 Å². The second-order valence-corrected chi connectivity index (χ2v) is 7.60. The van der Waals surface area contributed by atoms with Crippen molar-refractivity contribution in [1.29, 1.82) is 0 Å². The predicted molar refractivity (Wildman–Crippen MR) is 84.5 cm³/mol. The molecule has 0 aliphatic rings. The zero-order valence-electron chi connectivity index (χ0n) is 12.2. The van der Waals surface area contributed by atoms with Gasteiger partial charge in [-0.05, 0) is 49.1 Å². The molecule has 5 heteroatoms. The number of hydrogen-bond acceptors (Lipinski definition) is 3.